The van der Waals surface area contributed by atoms with Crippen molar-refractivity contribution in [1.82, 2.24) is 9.97 Å². The molecule has 2 rings (SSSR count). The van der Waals surface area contributed by atoms with Crippen molar-refractivity contribution in [2.24, 2.45) is 11.3 Å². The van der Waals surface area contributed by atoms with Crippen LogP contribution in [0.1, 0.15) is 40.0 Å². The third-order valence-corrected chi connectivity index (χ3v) is 4.40. The van der Waals surface area contributed by atoms with Crippen molar-refractivity contribution in [2.45, 2.75) is 40.0 Å². The summed E-state index contributed by atoms with van der Waals surface area (Å²) in [5.41, 5.74) is 0.420. The lowest BCUT2D eigenvalue weighted by molar-refractivity contribution is 0.220. The van der Waals surface area contributed by atoms with Crippen LogP contribution in [-0.2, 0) is 0 Å². The maximum absolute atomic E-state index is 4.44. The molecule has 0 spiro atoms. The number of nitrogens with zero attached hydrogens (tertiary/aromatic N) is 3. The second-order valence-electron chi connectivity index (χ2n) is 6.18. The van der Waals surface area contributed by atoms with Crippen LogP contribution in [0.25, 0.3) is 0 Å². The van der Waals surface area contributed by atoms with Crippen molar-refractivity contribution in [3.8, 4) is 0 Å². The van der Waals surface area contributed by atoms with E-state index < -0.39 is 0 Å². The Labute approximate surface area is 124 Å². The summed E-state index contributed by atoms with van der Waals surface area (Å²) in [6.07, 6.45) is 7.62. The highest BCUT2D eigenvalue weighted by Crippen LogP contribution is 2.34. The SMILES string of the molecule is CC(C)(C)C1CCCN(c2ncc(I)cn2)CC1. The normalized spacial score (nSPS) is 21.8. The molecule has 0 bridgehead atoms. The number of aromatic nitrogens is 2. The van der Waals surface area contributed by atoms with Gasteiger partial charge in [0, 0.05) is 29.1 Å². The first kappa shape index (κ1) is 14.0. The number of halogens is 1. The third-order valence-electron chi connectivity index (χ3n) is 3.84. The standard InChI is InChI=1S/C14H22IN3/c1-14(2,3)11-5-4-7-18(8-6-11)13-16-9-12(15)10-17-13/h9-11H,4-8H2,1-3H3. The molecule has 1 aliphatic rings. The van der Waals surface area contributed by atoms with Crippen LogP contribution < -0.4 is 4.90 Å². The molecule has 1 aromatic rings. The Hall–Kier alpha value is -0.390. The summed E-state index contributed by atoms with van der Waals surface area (Å²) in [5, 5.41) is 0. The molecule has 2 heterocycles. The van der Waals surface area contributed by atoms with Gasteiger partial charge in [-0.1, -0.05) is 20.8 Å². The van der Waals surface area contributed by atoms with E-state index >= 15 is 0 Å². The highest BCUT2D eigenvalue weighted by molar-refractivity contribution is 14.1. The van der Waals surface area contributed by atoms with Crippen molar-refractivity contribution >= 4 is 28.5 Å². The van der Waals surface area contributed by atoms with Crippen LogP contribution in [0.2, 0.25) is 0 Å². The molecule has 3 nitrogen and oxygen atoms in total. The average molecular weight is 359 g/mol. The van der Waals surface area contributed by atoms with Crippen LogP contribution in [0.3, 0.4) is 0 Å². The van der Waals surface area contributed by atoms with Gasteiger partial charge < -0.3 is 4.90 Å². The van der Waals surface area contributed by atoms with Gasteiger partial charge in [-0.2, -0.15) is 0 Å². The van der Waals surface area contributed by atoms with Crippen molar-refractivity contribution in [3.63, 3.8) is 0 Å². The highest BCUT2D eigenvalue weighted by Gasteiger charge is 2.27. The van der Waals surface area contributed by atoms with E-state index in [9.17, 15) is 0 Å². The second kappa shape index (κ2) is 5.72. The zero-order valence-corrected chi connectivity index (χ0v) is 13.6. The van der Waals surface area contributed by atoms with Crippen molar-refractivity contribution in [3.05, 3.63) is 16.0 Å². The van der Waals surface area contributed by atoms with Crippen LogP contribution in [0.5, 0.6) is 0 Å². The van der Waals surface area contributed by atoms with Gasteiger partial charge in [0.05, 0.1) is 0 Å². The quantitative estimate of drug-likeness (QED) is 0.716. The van der Waals surface area contributed by atoms with Crippen LogP contribution in [0, 0.1) is 14.9 Å². The molecule has 1 fully saturated rings. The zero-order valence-electron chi connectivity index (χ0n) is 11.5. The van der Waals surface area contributed by atoms with E-state index in [4.69, 9.17) is 0 Å². The zero-order chi connectivity index (χ0) is 13.2. The van der Waals surface area contributed by atoms with Crippen LogP contribution in [0.15, 0.2) is 12.4 Å². The summed E-state index contributed by atoms with van der Waals surface area (Å²) in [6, 6.07) is 0. The summed E-state index contributed by atoms with van der Waals surface area (Å²) < 4.78 is 1.10. The molecule has 100 valence electrons. The van der Waals surface area contributed by atoms with Crippen LogP contribution in [0.4, 0.5) is 5.95 Å². The van der Waals surface area contributed by atoms with Crippen LogP contribution in [-0.4, -0.2) is 23.1 Å². The van der Waals surface area contributed by atoms with Gasteiger partial charge in [0.1, 0.15) is 0 Å². The van der Waals surface area contributed by atoms with Gasteiger partial charge in [-0.25, -0.2) is 9.97 Å². The number of hydrogen-bond acceptors (Lipinski definition) is 3. The third kappa shape index (κ3) is 3.56. The molecule has 0 amide bonds. The first-order valence-electron chi connectivity index (χ1n) is 6.69. The van der Waals surface area contributed by atoms with E-state index in [2.05, 4.69) is 58.2 Å². The molecule has 0 saturated carbocycles. The van der Waals surface area contributed by atoms with Crippen molar-refractivity contribution in [1.29, 1.82) is 0 Å². The fourth-order valence-electron chi connectivity index (χ4n) is 2.63. The molecule has 0 aromatic carbocycles. The van der Waals surface area contributed by atoms with E-state index in [-0.39, 0.29) is 0 Å². The Kier molecular flexibility index (Phi) is 4.45. The molecular weight excluding hydrogens is 337 g/mol. The van der Waals surface area contributed by atoms with Gasteiger partial charge in [-0.05, 0) is 53.2 Å². The van der Waals surface area contributed by atoms with Crippen molar-refractivity contribution in [2.75, 3.05) is 18.0 Å². The summed E-state index contributed by atoms with van der Waals surface area (Å²) in [4.78, 5) is 11.2. The molecule has 1 aliphatic heterocycles. The maximum Gasteiger partial charge on any atom is 0.225 e. The van der Waals surface area contributed by atoms with Crippen molar-refractivity contribution < 1.29 is 0 Å². The maximum atomic E-state index is 4.44. The van der Waals surface area contributed by atoms with Gasteiger partial charge >= 0.3 is 0 Å². The topological polar surface area (TPSA) is 29.0 Å². The molecule has 1 saturated heterocycles. The van der Waals surface area contributed by atoms with E-state index in [0.717, 1.165) is 28.5 Å². The molecular formula is C14H22IN3. The van der Waals surface area contributed by atoms with E-state index in [1.807, 2.05) is 12.4 Å². The fraction of sp³-hybridized carbons (Fsp3) is 0.714. The monoisotopic (exact) mass is 359 g/mol. The van der Waals surface area contributed by atoms with E-state index in [1.165, 1.54) is 19.3 Å². The Bertz CT molecular complexity index is 383. The Morgan fingerprint density at radius 3 is 2.44 bits per heavy atom. The van der Waals surface area contributed by atoms with Gasteiger partial charge in [0.2, 0.25) is 5.95 Å². The summed E-state index contributed by atoms with van der Waals surface area (Å²) in [7, 11) is 0. The molecule has 1 unspecified atom stereocenters. The van der Waals surface area contributed by atoms with Gasteiger partial charge in [0.15, 0.2) is 0 Å². The highest BCUT2D eigenvalue weighted by atomic mass is 127. The smallest absolute Gasteiger partial charge is 0.225 e. The predicted octanol–water partition coefficient (Wildman–Crippen LogP) is 3.73. The van der Waals surface area contributed by atoms with Gasteiger partial charge in [-0.3, -0.25) is 0 Å². The molecule has 0 radical (unpaired) electrons. The molecule has 1 atom stereocenters. The average Bonchev–Trinajstić information content (AvgIpc) is 2.55. The summed E-state index contributed by atoms with van der Waals surface area (Å²) in [5.74, 6) is 1.70. The molecule has 1 aromatic heterocycles. The molecule has 0 aliphatic carbocycles. The number of rotatable bonds is 1. The lowest BCUT2D eigenvalue weighted by Crippen LogP contribution is -2.27. The fourth-order valence-corrected chi connectivity index (χ4v) is 2.91. The predicted molar refractivity (Wildman–Crippen MR) is 83.8 cm³/mol. The lowest BCUT2D eigenvalue weighted by atomic mass is 9.77. The Morgan fingerprint density at radius 2 is 1.83 bits per heavy atom. The van der Waals surface area contributed by atoms with E-state index in [1.54, 1.807) is 0 Å². The van der Waals surface area contributed by atoms with Gasteiger partial charge in [-0.15, -0.1) is 0 Å². The number of hydrogen-bond donors (Lipinski definition) is 0. The van der Waals surface area contributed by atoms with Crippen LogP contribution >= 0.6 is 22.6 Å². The first-order chi connectivity index (χ1) is 8.47. The Morgan fingerprint density at radius 1 is 1.17 bits per heavy atom. The minimum atomic E-state index is 0.420. The summed E-state index contributed by atoms with van der Waals surface area (Å²) >= 11 is 2.25. The largest absolute Gasteiger partial charge is 0.341 e. The summed E-state index contributed by atoms with van der Waals surface area (Å²) in [6.45, 7) is 9.24. The number of anilines is 1. The molecule has 0 N–H and O–H groups in total. The lowest BCUT2D eigenvalue weighted by Gasteiger charge is -2.29. The molecule has 4 heteroatoms. The van der Waals surface area contributed by atoms with Gasteiger partial charge in [0.25, 0.3) is 0 Å². The molecule has 18 heavy (non-hydrogen) atoms. The minimum Gasteiger partial charge on any atom is -0.341 e. The minimum absolute atomic E-state index is 0.420. The second-order valence-corrected chi connectivity index (χ2v) is 7.43. The van der Waals surface area contributed by atoms with E-state index in [0.29, 0.717) is 5.41 Å². The Balaban J connectivity index is 2.03. The first-order valence-corrected chi connectivity index (χ1v) is 7.77.